The number of hydrogen-bond acceptors (Lipinski definition) is 3. The van der Waals surface area contributed by atoms with E-state index in [0.29, 0.717) is 4.90 Å². The molecule has 1 aromatic carbocycles. The predicted molar refractivity (Wildman–Crippen MR) is 66.7 cm³/mol. The minimum Gasteiger partial charge on any atom is -0.395 e. The SMILES string of the molecule is CC1(C)CC1(CO)c1ccccc1S(C)(=O)=O. The van der Waals surface area contributed by atoms with Crippen molar-refractivity contribution in [2.45, 2.75) is 30.6 Å². The van der Waals surface area contributed by atoms with Crippen LogP contribution in [0.4, 0.5) is 0 Å². The minimum absolute atomic E-state index is 0.00741. The molecule has 0 radical (unpaired) electrons. The fourth-order valence-corrected chi connectivity index (χ4v) is 3.70. The first-order valence-electron chi connectivity index (χ1n) is 5.65. The van der Waals surface area contributed by atoms with Crippen molar-refractivity contribution in [3.63, 3.8) is 0 Å². The molecule has 1 fully saturated rings. The van der Waals surface area contributed by atoms with Crippen molar-refractivity contribution in [2.24, 2.45) is 5.41 Å². The van der Waals surface area contributed by atoms with Crippen molar-refractivity contribution < 1.29 is 13.5 Å². The number of sulfone groups is 1. The topological polar surface area (TPSA) is 54.4 Å². The van der Waals surface area contributed by atoms with Gasteiger partial charge < -0.3 is 5.11 Å². The molecule has 0 aliphatic heterocycles. The second-order valence-electron chi connectivity index (χ2n) is 5.57. The molecule has 94 valence electrons. The third-order valence-corrected chi connectivity index (χ3v) is 5.14. The van der Waals surface area contributed by atoms with Crippen LogP contribution >= 0.6 is 0 Å². The highest BCUT2D eigenvalue weighted by Crippen LogP contribution is 2.64. The Hall–Kier alpha value is -0.870. The summed E-state index contributed by atoms with van der Waals surface area (Å²) in [5, 5.41) is 9.64. The highest BCUT2D eigenvalue weighted by atomic mass is 32.2. The van der Waals surface area contributed by atoms with Gasteiger partial charge in [0.2, 0.25) is 0 Å². The molecule has 0 aromatic heterocycles. The average Bonchev–Trinajstić information content (AvgIpc) is 2.81. The number of aliphatic hydroxyl groups is 1. The van der Waals surface area contributed by atoms with Gasteiger partial charge in [-0.1, -0.05) is 32.0 Å². The average molecular weight is 254 g/mol. The van der Waals surface area contributed by atoms with Gasteiger partial charge in [0.05, 0.1) is 11.5 Å². The Labute approximate surface area is 102 Å². The lowest BCUT2D eigenvalue weighted by atomic mass is 9.89. The Balaban J connectivity index is 2.63. The molecule has 1 N–H and O–H groups in total. The number of benzene rings is 1. The first kappa shape index (κ1) is 12.6. The fraction of sp³-hybridized carbons (Fsp3) is 0.538. The predicted octanol–water partition coefficient (Wildman–Crippen LogP) is 1.75. The van der Waals surface area contributed by atoms with Crippen LogP contribution in [0.3, 0.4) is 0 Å². The van der Waals surface area contributed by atoms with Gasteiger partial charge in [-0.15, -0.1) is 0 Å². The van der Waals surface area contributed by atoms with Gasteiger partial charge in [0.1, 0.15) is 0 Å². The van der Waals surface area contributed by atoms with E-state index < -0.39 is 15.3 Å². The van der Waals surface area contributed by atoms with Gasteiger partial charge in [0.25, 0.3) is 0 Å². The van der Waals surface area contributed by atoms with Crippen LogP contribution < -0.4 is 0 Å². The van der Waals surface area contributed by atoms with Crippen LogP contribution in [0.5, 0.6) is 0 Å². The maximum absolute atomic E-state index is 11.8. The van der Waals surface area contributed by atoms with Gasteiger partial charge in [0.15, 0.2) is 9.84 Å². The van der Waals surface area contributed by atoms with Crippen molar-refractivity contribution in [3.8, 4) is 0 Å². The van der Waals surface area contributed by atoms with Crippen molar-refractivity contribution in [1.29, 1.82) is 0 Å². The van der Waals surface area contributed by atoms with Crippen LogP contribution in [0.1, 0.15) is 25.8 Å². The van der Waals surface area contributed by atoms with E-state index in [-0.39, 0.29) is 12.0 Å². The molecule has 1 unspecified atom stereocenters. The molecule has 0 saturated heterocycles. The summed E-state index contributed by atoms with van der Waals surface area (Å²) in [6.07, 6.45) is 2.04. The summed E-state index contributed by atoms with van der Waals surface area (Å²) in [7, 11) is -3.25. The summed E-state index contributed by atoms with van der Waals surface area (Å²) in [5.41, 5.74) is 0.324. The first-order valence-corrected chi connectivity index (χ1v) is 7.54. The van der Waals surface area contributed by atoms with Crippen molar-refractivity contribution in [2.75, 3.05) is 12.9 Å². The highest BCUT2D eigenvalue weighted by Gasteiger charge is 2.62. The van der Waals surface area contributed by atoms with E-state index in [1.807, 2.05) is 12.1 Å². The van der Waals surface area contributed by atoms with E-state index >= 15 is 0 Å². The van der Waals surface area contributed by atoms with Gasteiger partial charge in [0, 0.05) is 11.7 Å². The Morgan fingerprint density at radius 1 is 1.29 bits per heavy atom. The zero-order valence-corrected chi connectivity index (χ0v) is 11.2. The molecule has 17 heavy (non-hydrogen) atoms. The van der Waals surface area contributed by atoms with Crippen LogP contribution in [0.15, 0.2) is 29.2 Å². The Kier molecular flexibility index (Phi) is 2.64. The molecule has 1 aromatic rings. The number of hydrogen-bond donors (Lipinski definition) is 1. The molecule has 1 aliphatic rings. The standard InChI is InChI=1S/C13H18O3S/c1-12(2)8-13(12,9-14)10-6-4-5-7-11(10)17(3,15)16/h4-7,14H,8-9H2,1-3H3. The number of rotatable bonds is 3. The molecular weight excluding hydrogens is 236 g/mol. The molecular formula is C13H18O3S. The zero-order valence-electron chi connectivity index (χ0n) is 10.4. The van der Waals surface area contributed by atoms with E-state index in [1.165, 1.54) is 6.26 Å². The van der Waals surface area contributed by atoms with E-state index in [1.54, 1.807) is 12.1 Å². The maximum atomic E-state index is 11.8. The van der Waals surface area contributed by atoms with E-state index in [9.17, 15) is 13.5 Å². The van der Waals surface area contributed by atoms with E-state index in [0.717, 1.165) is 12.0 Å². The summed E-state index contributed by atoms with van der Waals surface area (Å²) in [6, 6.07) is 6.99. The second kappa shape index (κ2) is 3.56. The summed E-state index contributed by atoms with van der Waals surface area (Å²) >= 11 is 0. The molecule has 3 nitrogen and oxygen atoms in total. The van der Waals surface area contributed by atoms with Gasteiger partial charge in [-0.3, -0.25) is 0 Å². The Morgan fingerprint density at radius 3 is 2.24 bits per heavy atom. The van der Waals surface area contributed by atoms with Crippen molar-refractivity contribution in [3.05, 3.63) is 29.8 Å². The lowest BCUT2D eigenvalue weighted by Crippen LogP contribution is -2.22. The minimum atomic E-state index is -3.25. The monoisotopic (exact) mass is 254 g/mol. The van der Waals surface area contributed by atoms with Crippen LogP contribution in [0.25, 0.3) is 0 Å². The summed E-state index contributed by atoms with van der Waals surface area (Å²) in [5.74, 6) is 0. The van der Waals surface area contributed by atoms with Gasteiger partial charge in [-0.2, -0.15) is 0 Å². The van der Waals surface area contributed by atoms with Crippen LogP contribution in [-0.2, 0) is 15.3 Å². The first-order chi connectivity index (χ1) is 7.74. The summed E-state index contributed by atoms with van der Waals surface area (Å²) in [4.78, 5) is 0.347. The summed E-state index contributed by atoms with van der Waals surface area (Å²) in [6.45, 7) is 4.11. The third kappa shape index (κ3) is 1.79. The molecule has 0 amide bonds. The smallest absolute Gasteiger partial charge is 0.175 e. The van der Waals surface area contributed by atoms with Gasteiger partial charge in [-0.25, -0.2) is 8.42 Å². The van der Waals surface area contributed by atoms with Gasteiger partial charge >= 0.3 is 0 Å². The van der Waals surface area contributed by atoms with Crippen molar-refractivity contribution in [1.82, 2.24) is 0 Å². The van der Waals surface area contributed by atoms with Crippen LogP contribution in [0, 0.1) is 5.41 Å². The molecule has 4 heteroatoms. The molecule has 1 atom stereocenters. The number of aliphatic hydroxyl groups excluding tert-OH is 1. The van der Waals surface area contributed by atoms with Gasteiger partial charge in [-0.05, 0) is 23.5 Å². The lowest BCUT2D eigenvalue weighted by Gasteiger charge is -2.21. The molecule has 1 aliphatic carbocycles. The molecule has 2 rings (SSSR count). The van der Waals surface area contributed by atoms with E-state index in [2.05, 4.69) is 13.8 Å². The molecule has 0 heterocycles. The summed E-state index contributed by atoms with van der Waals surface area (Å²) < 4.78 is 23.5. The zero-order chi connectivity index (χ0) is 12.9. The Bertz CT molecular complexity index is 546. The molecule has 0 bridgehead atoms. The maximum Gasteiger partial charge on any atom is 0.175 e. The fourth-order valence-electron chi connectivity index (χ4n) is 2.71. The van der Waals surface area contributed by atoms with Crippen LogP contribution in [0.2, 0.25) is 0 Å². The largest absolute Gasteiger partial charge is 0.395 e. The second-order valence-corrected chi connectivity index (χ2v) is 7.55. The van der Waals surface area contributed by atoms with Crippen LogP contribution in [-0.4, -0.2) is 26.4 Å². The van der Waals surface area contributed by atoms with Crippen molar-refractivity contribution >= 4 is 9.84 Å². The van der Waals surface area contributed by atoms with E-state index in [4.69, 9.17) is 0 Å². The quantitative estimate of drug-likeness (QED) is 0.894. The Morgan fingerprint density at radius 2 is 1.82 bits per heavy atom. The molecule has 0 spiro atoms. The highest BCUT2D eigenvalue weighted by molar-refractivity contribution is 7.90. The molecule has 1 saturated carbocycles. The third-order valence-electron chi connectivity index (χ3n) is 3.99. The normalized spacial score (nSPS) is 26.8. The lowest BCUT2D eigenvalue weighted by molar-refractivity contribution is 0.229.